The highest BCUT2D eigenvalue weighted by Gasteiger charge is 2.43. The van der Waals surface area contributed by atoms with Gasteiger partial charge < -0.3 is 14.4 Å². The summed E-state index contributed by atoms with van der Waals surface area (Å²) in [4.78, 5) is 14.2. The molecule has 2 heterocycles. The predicted octanol–water partition coefficient (Wildman–Crippen LogP) is 2.79. The van der Waals surface area contributed by atoms with Crippen LogP contribution in [-0.2, 0) is 17.8 Å². The van der Waals surface area contributed by atoms with Gasteiger partial charge in [0, 0.05) is 19.5 Å². The van der Waals surface area contributed by atoms with Gasteiger partial charge in [-0.25, -0.2) is 8.78 Å². The Balaban J connectivity index is 0.00000243. The Morgan fingerprint density at radius 3 is 2.38 bits per heavy atom. The standard InChI is InChI=1S/C18H24F2N2O3.ClH/c1-3-24-15-7-12-5-6-22(10-13(12)8-16(15)25-4-2)17(23)14-9-18(19,20)11-21-14;/h7-8,14,21H,3-6,9-11H2,1-2H3;1H. The van der Waals surface area contributed by atoms with Crippen molar-refractivity contribution >= 4 is 18.3 Å². The molecule has 3 rings (SSSR count). The first-order valence-electron chi connectivity index (χ1n) is 8.75. The Hall–Kier alpha value is -1.60. The highest BCUT2D eigenvalue weighted by Crippen LogP contribution is 2.34. The fourth-order valence-corrected chi connectivity index (χ4v) is 3.40. The van der Waals surface area contributed by atoms with Crippen molar-refractivity contribution in [3.05, 3.63) is 23.3 Å². The largest absolute Gasteiger partial charge is 0.490 e. The number of benzene rings is 1. The zero-order valence-corrected chi connectivity index (χ0v) is 15.8. The molecule has 1 aromatic carbocycles. The Bertz CT molecular complexity index is 658. The topological polar surface area (TPSA) is 50.8 Å². The zero-order valence-electron chi connectivity index (χ0n) is 15.0. The molecule has 5 nitrogen and oxygen atoms in total. The van der Waals surface area contributed by atoms with Crippen molar-refractivity contribution in [3.8, 4) is 11.5 Å². The summed E-state index contributed by atoms with van der Waals surface area (Å²) < 4.78 is 38.0. The average Bonchev–Trinajstić information content (AvgIpc) is 2.95. The summed E-state index contributed by atoms with van der Waals surface area (Å²) in [5, 5.41) is 2.64. The van der Waals surface area contributed by atoms with E-state index >= 15 is 0 Å². The van der Waals surface area contributed by atoms with Gasteiger partial charge >= 0.3 is 0 Å². The van der Waals surface area contributed by atoms with Crippen molar-refractivity contribution in [1.82, 2.24) is 10.2 Å². The van der Waals surface area contributed by atoms with E-state index in [4.69, 9.17) is 9.47 Å². The number of hydrogen-bond acceptors (Lipinski definition) is 4. The van der Waals surface area contributed by atoms with E-state index in [1.165, 1.54) is 0 Å². The third-order valence-electron chi connectivity index (χ3n) is 4.60. The lowest BCUT2D eigenvalue weighted by atomic mass is 9.98. The second-order valence-electron chi connectivity index (χ2n) is 6.44. The second-order valence-corrected chi connectivity index (χ2v) is 6.44. The molecule has 2 aliphatic rings. The summed E-state index contributed by atoms with van der Waals surface area (Å²) >= 11 is 0. The fraction of sp³-hybridized carbons (Fsp3) is 0.611. The molecule has 1 fully saturated rings. The Kier molecular flexibility index (Phi) is 6.69. The van der Waals surface area contributed by atoms with Gasteiger partial charge in [0.2, 0.25) is 5.91 Å². The SMILES string of the molecule is CCOc1cc2c(cc1OCC)CN(C(=O)C1CC(F)(F)CN1)CC2.Cl. The smallest absolute Gasteiger partial charge is 0.262 e. The molecule has 146 valence electrons. The maximum Gasteiger partial charge on any atom is 0.262 e. The summed E-state index contributed by atoms with van der Waals surface area (Å²) in [5.74, 6) is -1.69. The van der Waals surface area contributed by atoms with Crippen LogP contribution in [0.4, 0.5) is 8.78 Å². The molecule has 1 unspecified atom stereocenters. The van der Waals surface area contributed by atoms with Crippen LogP contribution in [0.5, 0.6) is 11.5 Å². The molecule has 0 radical (unpaired) electrons. The minimum atomic E-state index is -2.80. The Labute approximate surface area is 158 Å². The lowest BCUT2D eigenvalue weighted by molar-refractivity contribution is -0.134. The van der Waals surface area contributed by atoms with Crippen LogP contribution >= 0.6 is 12.4 Å². The van der Waals surface area contributed by atoms with E-state index in [0.717, 1.165) is 11.1 Å². The third kappa shape index (κ3) is 4.38. The first-order chi connectivity index (χ1) is 11.9. The molecule has 26 heavy (non-hydrogen) atoms. The van der Waals surface area contributed by atoms with E-state index in [-0.39, 0.29) is 18.3 Å². The molecule has 2 aliphatic heterocycles. The maximum atomic E-state index is 13.4. The van der Waals surface area contributed by atoms with Gasteiger partial charge in [-0.2, -0.15) is 0 Å². The Morgan fingerprint density at radius 2 is 1.85 bits per heavy atom. The lowest BCUT2D eigenvalue weighted by Gasteiger charge is -2.31. The van der Waals surface area contributed by atoms with Crippen LogP contribution < -0.4 is 14.8 Å². The molecule has 1 atom stereocenters. The van der Waals surface area contributed by atoms with Crippen LogP contribution in [-0.4, -0.2) is 49.1 Å². The molecule has 1 saturated heterocycles. The van der Waals surface area contributed by atoms with E-state index < -0.39 is 24.9 Å². The van der Waals surface area contributed by atoms with Gasteiger partial charge in [0.05, 0.1) is 25.8 Å². The second kappa shape index (κ2) is 8.39. The van der Waals surface area contributed by atoms with Crippen molar-refractivity contribution in [3.63, 3.8) is 0 Å². The van der Waals surface area contributed by atoms with Gasteiger partial charge in [-0.05, 0) is 43.5 Å². The molecule has 8 heteroatoms. The number of carbonyl (C=O) groups is 1. The van der Waals surface area contributed by atoms with Crippen molar-refractivity contribution in [1.29, 1.82) is 0 Å². The van der Waals surface area contributed by atoms with Gasteiger partial charge in [-0.15, -0.1) is 12.4 Å². The van der Waals surface area contributed by atoms with Gasteiger partial charge in [0.1, 0.15) is 0 Å². The van der Waals surface area contributed by atoms with E-state index in [9.17, 15) is 13.6 Å². The van der Waals surface area contributed by atoms with Crippen LogP contribution in [0.3, 0.4) is 0 Å². The molecule has 0 aliphatic carbocycles. The number of nitrogens with zero attached hydrogens (tertiary/aromatic N) is 1. The van der Waals surface area contributed by atoms with Gasteiger partial charge in [-0.3, -0.25) is 10.1 Å². The number of carbonyl (C=O) groups excluding carboxylic acids is 1. The molecular formula is C18H25ClF2N2O3. The van der Waals surface area contributed by atoms with Crippen LogP contribution in [0.25, 0.3) is 0 Å². The number of halogens is 3. The minimum Gasteiger partial charge on any atom is -0.490 e. The van der Waals surface area contributed by atoms with E-state index in [1.54, 1.807) is 4.90 Å². The van der Waals surface area contributed by atoms with Crippen LogP contribution in [0.15, 0.2) is 12.1 Å². The van der Waals surface area contributed by atoms with E-state index in [2.05, 4.69) is 5.32 Å². The summed E-state index contributed by atoms with van der Waals surface area (Å²) in [5.41, 5.74) is 2.09. The number of hydrogen-bond donors (Lipinski definition) is 1. The average molecular weight is 391 g/mol. The molecule has 1 aromatic rings. The summed E-state index contributed by atoms with van der Waals surface area (Å²) in [6.07, 6.45) is 0.249. The monoisotopic (exact) mass is 390 g/mol. The number of alkyl halides is 2. The molecule has 0 bridgehead atoms. The molecule has 1 N–H and O–H groups in total. The van der Waals surface area contributed by atoms with Gasteiger partial charge in [0.25, 0.3) is 5.92 Å². The number of rotatable bonds is 5. The first-order valence-corrected chi connectivity index (χ1v) is 8.75. The number of fused-ring (bicyclic) bond motifs is 1. The molecule has 0 saturated carbocycles. The molecular weight excluding hydrogens is 366 g/mol. The van der Waals surface area contributed by atoms with Crippen LogP contribution in [0.1, 0.15) is 31.4 Å². The lowest BCUT2D eigenvalue weighted by Crippen LogP contribution is -2.45. The highest BCUT2D eigenvalue weighted by molar-refractivity contribution is 5.85. The molecule has 0 spiro atoms. The van der Waals surface area contributed by atoms with Crippen molar-refractivity contribution < 1.29 is 23.0 Å². The summed E-state index contributed by atoms with van der Waals surface area (Å²) in [7, 11) is 0. The van der Waals surface area contributed by atoms with E-state index in [0.29, 0.717) is 44.2 Å². The molecule has 0 aromatic heterocycles. The molecule has 1 amide bonds. The van der Waals surface area contributed by atoms with E-state index in [1.807, 2.05) is 26.0 Å². The maximum absolute atomic E-state index is 13.4. The predicted molar refractivity (Wildman–Crippen MR) is 96.5 cm³/mol. The number of ether oxygens (including phenoxy) is 2. The summed E-state index contributed by atoms with van der Waals surface area (Å²) in [6.45, 7) is 5.38. The van der Waals surface area contributed by atoms with Crippen LogP contribution in [0.2, 0.25) is 0 Å². The Morgan fingerprint density at radius 1 is 1.23 bits per heavy atom. The highest BCUT2D eigenvalue weighted by atomic mass is 35.5. The summed E-state index contributed by atoms with van der Waals surface area (Å²) in [6, 6.07) is 3.07. The van der Waals surface area contributed by atoms with Crippen molar-refractivity contribution in [2.24, 2.45) is 0 Å². The fourth-order valence-electron chi connectivity index (χ4n) is 3.40. The van der Waals surface area contributed by atoms with Crippen LogP contribution in [0, 0.1) is 0 Å². The van der Waals surface area contributed by atoms with Crippen molar-refractivity contribution in [2.75, 3.05) is 26.3 Å². The zero-order chi connectivity index (χ0) is 18.0. The third-order valence-corrected chi connectivity index (χ3v) is 4.60. The quantitative estimate of drug-likeness (QED) is 0.840. The van der Waals surface area contributed by atoms with Crippen molar-refractivity contribution in [2.45, 2.75) is 45.2 Å². The van der Waals surface area contributed by atoms with Gasteiger partial charge in [-0.1, -0.05) is 0 Å². The normalized spacial score (nSPS) is 20.9. The number of nitrogens with one attached hydrogen (secondary N) is 1. The minimum absolute atomic E-state index is 0. The number of amides is 1. The first kappa shape index (κ1) is 20.7. The van der Waals surface area contributed by atoms with Gasteiger partial charge in [0.15, 0.2) is 11.5 Å².